The van der Waals surface area contributed by atoms with Crippen LogP contribution in [0.4, 0.5) is 0 Å². The van der Waals surface area contributed by atoms with Gasteiger partial charge in [0.05, 0.1) is 28.4 Å². The first kappa shape index (κ1) is 13.6. The minimum Gasteiger partial charge on any atom is -0.478 e. The van der Waals surface area contributed by atoms with Gasteiger partial charge in [-0.15, -0.1) is 0 Å². The van der Waals surface area contributed by atoms with Crippen LogP contribution in [0.25, 0.3) is 5.52 Å². The zero-order chi connectivity index (χ0) is 15.4. The van der Waals surface area contributed by atoms with Crippen molar-refractivity contribution in [3.63, 3.8) is 0 Å². The quantitative estimate of drug-likeness (QED) is 0.921. The fraction of sp³-hybridized carbons (Fsp3) is 0.400. The molecule has 21 heavy (non-hydrogen) atoms. The van der Waals surface area contributed by atoms with Crippen molar-refractivity contribution in [2.45, 2.75) is 39.2 Å². The number of hydrogen-bond acceptors (Lipinski definition) is 4. The third kappa shape index (κ3) is 1.82. The molecule has 0 radical (unpaired) electrons. The SMILES string of the molecule is CC1=NOC(C)(C)C1c1c(C)c(C(=O)O)c2cccnn12. The summed E-state index contributed by atoms with van der Waals surface area (Å²) in [6.45, 7) is 7.59. The lowest BCUT2D eigenvalue weighted by Crippen LogP contribution is -2.31. The average molecular weight is 287 g/mol. The molecule has 1 aliphatic rings. The van der Waals surface area contributed by atoms with Gasteiger partial charge in [0.15, 0.2) is 0 Å². The van der Waals surface area contributed by atoms with Crippen LogP contribution in [-0.2, 0) is 4.84 Å². The van der Waals surface area contributed by atoms with Crippen LogP contribution < -0.4 is 0 Å². The monoisotopic (exact) mass is 287 g/mol. The first-order valence-electron chi connectivity index (χ1n) is 6.76. The van der Waals surface area contributed by atoms with E-state index in [0.29, 0.717) is 11.1 Å². The first-order valence-corrected chi connectivity index (χ1v) is 6.76. The van der Waals surface area contributed by atoms with Gasteiger partial charge in [-0.2, -0.15) is 5.10 Å². The van der Waals surface area contributed by atoms with E-state index in [0.717, 1.165) is 11.4 Å². The van der Waals surface area contributed by atoms with Crippen LogP contribution >= 0.6 is 0 Å². The molecular formula is C15H17N3O3. The van der Waals surface area contributed by atoms with Crippen LogP contribution in [0.15, 0.2) is 23.5 Å². The topological polar surface area (TPSA) is 76.2 Å². The summed E-state index contributed by atoms with van der Waals surface area (Å²) in [5.41, 5.74) is 2.70. The summed E-state index contributed by atoms with van der Waals surface area (Å²) in [6.07, 6.45) is 1.65. The summed E-state index contributed by atoms with van der Waals surface area (Å²) < 4.78 is 1.69. The van der Waals surface area contributed by atoms with Gasteiger partial charge in [-0.3, -0.25) is 0 Å². The largest absolute Gasteiger partial charge is 0.478 e. The number of aromatic carboxylic acids is 1. The molecule has 0 aromatic carbocycles. The van der Waals surface area contributed by atoms with Crippen LogP contribution in [0.2, 0.25) is 0 Å². The van der Waals surface area contributed by atoms with E-state index in [-0.39, 0.29) is 11.5 Å². The van der Waals surface area contributed by atoms with Crippen LogP contribution in [0.3, 0.4) is 0 Å². The van der Waals surface area contributed by atoms with Crippen LogP contribution in [0.1, 0.15) is 48.3 Å². The number of rotatable bonds is 2. The predicted octanol–water partition coefficient (Wildman–Crippen LogP) is 2.61. The minimum atomic E-state index is -0.949. The Labute approximate surface area is 122 Å². The molecular weight excluding hydrogens is 270 g/mol. The van der Waals surface area contributed by atoms with Crippen molar-refractivity contribution in [3.8, 4) is 0 Å². The molecule has 0 spiro atoms. The molecule has 0 fully saturated rings. The maximum absolute atomic E-state index is 11.6. The minimum absolute atomic E-state index is 0.131. The highest BCUT2D eigenvalue weighted by atomic mass is 16.7. The highest BCUT2D eigenvalue weighted by molar-refractivity contribution is 6.00. The second-order valence-corrected chi connectivity index (χ2v) is 5.87. The third-order valence-electron chi connectivity index (χ3n) is 4.02. The molecule has 1 unspecified atom stereocenters. The van der Waals surface area contributed by atoms with E-state index < -0.39 is 11.6 Å². The molecule has 0 saturated heterocycles. The van der Waals surface area contributed by atoms with Crippen molar-refractivity contribution in [2.75, 3.05) is 0 Å². The number of nitrogens with zero attached hydrogens (tertiary/aromatic N) is 3. The van der Waals surface area contributed by atoms with E-state index >= 15 is 0 Å². The Morgan fingerprint density at radius 1 is 1.43 bits per heavy atom. The van der Waals surface area contributed by atoms with Gasteiger partial charge in [0.25, 0.3) is 0 Å². The van der Waals surface area contributed by atoms with E-state index in [2.05, 4.69) is 10.3 Å². The number of aromatic nitrogens is 2. The predicted molar refractivity (Wildman–Crippen MR) is 77.9 cm³/mol. The fourth-order valence-corrected chi connectivity index (χ4v) is 3.17. The maximum atomic E-state index is 11.6. The molecule has 2 aromatic rings. The van der Waals surface area contributed by atoms with Crippen molar-refractivity contribution < 1.29 is 14.7 Å². The molecule has 0 amide bonds. The Morgan fingerprint density at radius 3 is 2.71 bits per heavy atom. The van der Waals surface area contributed by atoms with Gasteiger partial charge in [0.2, 0.25) is 0 Å². The van der Waals surface area contributed by atoms with Gasteiger partial charge in [-0.1, -0.05) is 5.16 Å². The lowest BCUT2D eigenvalue weighted by molar-refractivity contribution is 0.000855. The Morgan fingerprint density at radius 2 is 2.14 bits per heavy atom. The summed E-state index contributed by atoms with van der Waals surface area (Å²) in [4.78, 5) is 17.1. The number of hydrogen-bond donors (Lipinski definition) is 1. The molecule has 1 N–H and O–H groups in total. The molecule has 3 heterocycles. The van der Waals surface area contributed by atoms with E-state index in [1.807, 2.05) is 27.7 Å². The maximum Gasteiger partial charge on any atom is 0.338 e. The van der Waals surface area contributed by atoms with Crippen molar-refractivity contribution in [1.29, 1.82) is 0 Å². The van der Waals surface area contributed by atoms with Crippen LogP contribution in [0.5, 0.6) is 0 Å². The van der Waals surface area contributed by atoms with E-state index in [9.17, 15) is 9.90 Å². The van der Waals surface area contributed by atoms with Gasteiger partial charge in [-0.05, 0) is 45.4 Å². The molecule has 0 aliphatic carbocycles. The van der Waals surface area contributed by atoms with Crippen molar-refractivity contribution in [1.82, 2.24) is 9.61 Å². The highest BCUT2D eigenvalue weighted by Gasteiger charge is 2.44. The fourth-order valence-electron chi connectivity index (χ4n) is 3.17. The number of carboxylic acid groups (broad SMARTS) is 1. The Hall–Kier alpha value is -2.37. The molecule has 0 saturated carbocycles. The smallest absolute Gasteiger partial charge is 0.338 e. The Bertz CT molecular complexity index is 774. The highest BCUT2D eigenvalue weighted by Crippen LogP contribution is 2.40. The number of carbonyl (C=O) groups is 1. The molecule has 0 bridgehead atoms. The normalized spacial score (nSPS) is 20.4. The first-order chi connectivity index (χ1) is 9.84. The van der Waals surface area contributed by atoms with Gasteiger partial charge in [0, 0.05) is 6.20 Å². The second-order valence-electron chi connectivity index (χ2n) is 5.87. The van der Waals surface area contributed by atoms with Crippen LogP contribution in [0, 0.1) is 6.92 Å². The molecule has 1 aliphatic heterocycles. The van der Waals surface area contributed by atoms with Gasteiger partial charge >= 0.3 is 5.97 Å². The van der Waals surface area contributed by atoms with Gasteiger partial charge in [-0.25, -0.2) is 9.31 Å². The molecule has 1 atom stereocenters. The summed E-state index contributed by atoms with van der Waals surface area (Å²) in [5, 5.41) is 17.9. The van der Waals surface area contributed by atoms with Gasteiger partial charge < -0.3 is 9.94 Å². The van der Waals surface area contributed by atoms with Crippen molar-refractivity contribution in [3.05, 3.63) is 35.2 Å². The lowest BCUT2D eigenvalue weighted by atomic mass is 9.83. The summed E-state index contributed by atoms with van der Waals surface area (Å²) in [6, 6.07) is 3.50. The lowest BCUT2D eigenvalue weighted by Gasteiger charge is -2.25. The van der Waals surface area contributed by atoms with E-state index in [1.165, 1.54) is 0 Å². The van der Waals surface area contributed by atoms with E-state index in [1.54, 1.807) is 22.8 Å². The molecule has 6 nitrogen and oxygen atoms in total. The average Bonchev–Trinajstić information content (AvgIpc) is 2.83. The zero-order valence-electron chi connectivity index (χ0n) is 12.4. The van der Waals surface area contributed by atoms with E-state index in [4.69, 9.17) is 4.84 Å². The van der Waals surface area contributed by atoms with Gasteiger partial charge in [0.1, 0.15) is 5.60 Å². The van der Waals surface area contributed by atoms with Crippen molar-refractivity contribution in [2.24, 2.45) is 5.16 Å². The summed E-state index contributed by atoms with van der Waals surface area (Å²) in [5.74, 6) is -1.08. The zero-order valence-corrected chi connectivity index (χ0v) is 12.4. The number of carboxylic acids is 1. The second kappa shape index (κ2) is 4.31. The van der Waals surface area contributed by atoms with Crippen LogP contribution in [-0.4, -0.2) is 32.0 Å². The Balaban J connectivity index is 2.36. The molecule has 3 rings (SSSR count). The molecule has 6 heteroatoms. The molecule has 2 aromatic heterocycles. The summed E-state index contributed by atoms with van der Waals surface area (Å²) in [7, 11) is 0. The number of oxime groups is 1. The summed E-state index contributed by atoms with van der Waals surface area (Å²) >= 11 is 0. The van der Waals surface area contributed by atoms with Crippen molar-refractivity contribution >= 4 is 17.2 Å². The number of fused-ring (bicyclic) bond motifs is 1. The Kier molecular flexibility index (Phi) is 2.79. The third-order valence-corrected chi connectivity index (χ3v) is 4.02. The standard InChI is InChI=1S/C15H17N3O3/c1-8-11(14(19)20)10-6-5-7-16-18(10)13(8)12-9(2)17-21-15(12,3)4/h5-7,12H,1-4H3,(H,19,20). The molecule has 110 valence electrons.